The Kier molecular flexibility index (Phi) is 8.11. The van der Waals surface area contributed by atoms with Crippen LogP contribution in [0.3, 0.4) is 0 Å². The Morgan fingerprint density at radius 1 is 1.11 bits per heavy atom. The molecule has 3 N–H and O–H groups in total. The molecule has 2 amide bonds. The summed E-state index contributed by atoms with van der Waals surface area (Å²) in [7, 11) is 4.74. The van der Waals surface area contributed by atoms with Crippen LogP contribution in [0.2, 0.25) is 0 Å². The van der Waals surface area contributed by atoms with Crippen molar-refractivity contribution in [1.82, 2.24) is 16.2 Å². The number of amidine groups is 1. The molecule has 2 aliphatic rings. The van der Waals surface area contributed by atoms with E-state index in [9.17, 15) is 9.59 Å². The molecule has 2 atom stereocenters. The van der Waals surface area contributed by atoms with E-state index in [0.717, 1.165) is 5.56 Å². The normalized spacial score (nSPS) is 19.1. The molecule has 2 aromatic carbocycles. The molecule has 1 fully saturated rings. The molecule has 2 aromatic rings. The van der Waals surface area contributed by atoms with Crippen LogP contribution in [-0.4, -0.2) is 63.3 Å². The van der Waals surface area contributed by atoms with E-state index < -0.39 is 0 Å². The lowest BCUT2D eigenvalue weighted by atomic mass is 10.0. The molecule has 0 aliphatic carbocycles. The van der Waals surface area contributed by atoms with Crippen molar-refractivity contribution in [3.8, 4) is 17.2 Å². The Hall–Kier alpha value is -3.28. The molecule has 4 rings (SSSR count). The number of carbonyl (C=O) groups excluding carboxylic acids is 2. The first-order valence-corrected chi connectivity index (χ1v) is 12.2. The van der Waals surface area contributed by atoms with Crippen LogP contribution >= 0.6 is 11.8 Å². The van der Waals surface area contributed by atoms with Crippen LogP contribution in [0, 0.1) is 5.92 Å². The van der Waals surface area contributed by atoms with Gasteiger partial charge in [0.05, 0.1) is 38.7 Å². The van der Waals surface area contributed by atoms with Crippen LogP contribution in [0.25, 0.3) is 0 Å². The number of para-hydroxylation sites is 2. The number of thioether (sulfide) groups is 1. The number of methoxy groups -OCH3 is 3. The third-order valence-corrected chi connectivity index (χ3v) is 6.73. The fraction of sp³-hybridized carbons (Fsp3) is 0.375. The molecule has 0 bridgehead atoms. The van der Waals surface area contributed by atoms with Gasteiger partial charge in [0, 0.05) is 13.1 Å². The second-order valence-electron chi connectivity index (χ2n) is 7.91. The van der Waals surface area contributed by atoms with Crippen molar-refractivity contribution in [1.29, 1.82) is 0 Å². The van der Waals surface area contributed by atoms with Gasteiger partial charge in [0.25, 0.3) is 0 Å². The van der Waals surface area contributed by atoms with E-state index in [1.165, 1.54) is 11.8 Å². The zero-order valence-electron chi connectivity index (χ0n) is 19.9. The number of benzene rings is 2. The second kappa shape index (κ2) is 11.4. The quantitative estimate of drug-likeness (QED) is 0.477. The molecule has 35 heavy (non-hydrogen) atoms. The van der Waals surface area contributed by atoms with Gasteiger partial charge in [0.2, 0.25) is 11.8 Å². The number of hydrazine groups is 1. The number of amides is 2. The third-order valence-electron chi connectivity index (χ3n) is 5.77. The topological polar surface area (TPSA) is 114 Å². The summed E-state index contributed by atoms with van der Waals surface area (Å²) >= 11 is 1.22. The van der Waals surface area contributed by atoms with Crippen molar-refractivity contribution in [3.05, 3.63) is 48.0 Å². The minimum atomic E-state index is -0.371. The summed E-state index contributed by atoms with van der Waals surface area (Å²) in [6, 6.07) is 13.0. The molecule has 0 radical (unpaired) electrons. The first-order chi connectivity index (χ1) is 17.0. The standard InChI is InChI=1S/C24H29N5O5S/c1-32-18-7-5-4-6-17(18)29-23(31)16-13-26-28-22(16)27-24(29)35-14-21(30)25-11-10-15-8-9-19(33-2)20(12-15)34-3/h4-9,12,16,22,26,28H,10-11,13-14H2,1-3H3,(H,25,30). The first-order valence-electron chi connectivity index (χ1n) is 11.2. The molecule has 10 nitrogen and oxygen atoms in total. The van der Waals surface area contributed by atoms with Crippen molar-refractivity contribution in [3.63, 3.8) is 0 Å². The van der Waals surface area contributed by atoms with Gasteiger partial charge in [0.1, 0.15) is 11.9 Å². The number of ether oxygens (including phenoxy) is 3. The van der Waals surface area contributed by atoms with Crippen molar-refractivity contribution >= 4 is 34.4 Å². The second-order valence-corrected chi connectivity index (χ2v) is 8.85. The number of aliphatic imine (C=N–C) groups is 1. The Labute approximate surface area is 208 Å². The summed E-state index contributed by atoms with van der Waals surface area (Å²) < 4.78 is 16.1. The summed E-state index contributed by atoms with van der Waals surface area (Å²) in [5.41, 5.74) is 7.65. The lowest BCUT2D eigenvalue weighted by Gasteiger charge is -2.33. The van der Waals surface area contributed by atoms with E-state index in [1.807, 2.05) is 36.4 Å². The number of fused-ring (bicyclic) bond motifs is 1. The maximum Gasteiger partial charge on any atom is 0.241 e. The molecule has 0 spiro atoms. The van der Waals surface area contributed by atoms with Gasteiger partial charge in [0.15, 0.2) is 16.7 Å². The highest BCUT2D eigenvalue weighted by molar-refractivity contribution is 8.14. The summed E-state index contributed by atoms with van der Waals surface area (Å²) in [6.07, 6.45) is 0.271. The van der Waals surface area contributed by atoms with E-state index >= 15 is 0 Å². The zero-order chi connectivity index (χ0) is 24.8. The summed E-state index contributed by atoms with van der Waals surface area (Å²) in [4.78, 5) is 32.2. The summed E-state index contributed by atoms with van der Waals surface area (Å²) in [5.74, 6) is 1.41. The molecular weight excluding hydrogens is 470 g/mol. The predicted octanol–water partition coefficient (Wildman–Crippen LogP) is 1.56. The number of nitrogens with one attached hydrogen (secondary N) is 3. The Bertz CT molecular complexity index is 1110. The zero-order valence-corrected chi connectivity index (χ0v) is 20.7. The molecule has 2 aliphatic heterocycles. The maximum atomic E-state index is 13.3. The van der Waals surface area contributed by atoms with Crippen LogP contribution in [0.4, 0.5) is 5.69 Å². The third kappa shape index (κ3) is 5.53. The van der Waals surface area contributed by atoms with Crippen molar-refractivity contribution in [2.45, 2.75) is 12.6 Å². The van der Waals surface area contributed by atoms with E-state index in [0.29, 0.717) is 47.6 Å². The average molecular weight is 500 g/mol. The fourth-order valence-electron chi connectivity index (χ4n) is 3.97. The minimum Gasteiger partial charge on any atom is -0.495 e. The van der Waals surface area contributed by atoms with Gasteiger partial charge in [-0.1, -0.05) is 30.0 Å². The molecule has 2 unspecified atom stereocenters. The number of carbonyl (C=O) groups is 2. The Morgan fingerprint density at radius 2 is 1.89 bits per heavy atom. The monoisotopic (exact) mass is 499 g/mol. The molecule has 0 aromatic heterocycles. The highest BCUT2D eigenvalue weighted by Gasteiger charge is 2.43. The van der Waals surface area contributed by atoms with Crippen LogP contribution in [0.5, 0.6) is 17.2 Å². The van der Waals surface area contributed by atoms with Gasteiger partial charge in [-0.15, -0.1) is 0 Å². The Balaban J connectivity index is 1.39. The average Bonchev–Trinajstić information content (AvgIpc) is 3.36. The largest absolute Gasteiger partial charge is 0.495 e. The highest BCUT2D eigenvalue weighted by Crippen LogP contribution is 2.35. The molecule has 0 saturated carbocycles. The van der Waals surface area contributed by atoms with E-state index in [1.54, 1.807) is 32.3 Å². The summed E-state index contributed by atoms with van der Waals surface area (Å²) in [6.45, 7) is 0.944. The van der Waals surface area contributed by atoms with Gasteiger partial charge < -0.3 is 19.5 Å². The molecule has 2 heterocycles. The lowest BCUT2D eigenvalue weighted by molar-refractivity contribution is -0.121. The fourth-order valence-corrected chi connectivity index (χ4v) is 4.84. The van der Waals surface area contributed by atoms with E-state index in [-0.39, 0.29) is 29.7 Å². The molecule has 186 valence electrons. The summed E-state index contributed by atoms with van der Waals surface area (Å²) in [5, 5.41) is 3.38. The predicted molar refractivity (Wildman–Crippen MR) is 135 cm³/mol. The maximum absolute atomic E-state index is 13.3. The lowest BCUT2D eigenvalue weighted by Crippen LogP contribution is -2.49. The molecular formula is C24H29N5O5S. The SMILES string of the molecule is COc1ccc(CCNC(=O)CSC2=NC3NNCC3C(=O)N2c2ccccc2OC)cc1OC. The van der Waals surface area contributed by atoms with Crippen molar-refractivity contribution in [2.24, 2.45) is 10.9 Å². The van der Waals surface area contributed by atoms with Gasteiger partial charge in [-0.3, -0.25) is 19.9 Å². The Morgan fingerprint density at radius 3 is 2.66 bits per heavy atom. The number of nitrogens with zero attached hydrogens (tertiary/aromatic N) is 2. The van der Waals surface area contributed by atoms with Gasteiger partial charge in [-0.25, -0.2) is 10.4 Å². The van der Waals surface area contributed by atoms with Crippen LogP contribution in [0.1, 0.15) is 5.56 Å². The molecule has 11 heteroatoms. The number of hydrogen-bond acceptors (Lipinski definition) is 9. The van der Waals surface area contributed by atoms with Gasteiger partial charge in [-0.2, -0.15) is 0 Å². The van der Waals surface area contributed by atoms with Crippen molar-refractivity contribution < 1.29 is 23.8 Å². The number of anilines is 1. The van der Waals surface area contributed by atoms with Crippen molar-refractivity contribution in [2.75, 3.05) is 45.1 Å². The van der Waals surface area contributed by atoms with Gasteiger partial charge in [-0.05, 0) is 36.2 Å². The van der Waals surface area contributed by atoms with Gasteiger partial charge >= 0.3 is 0 Å². The molecule has 1 saturated heterocycles. The number of rotatable bonds is 9. The van der Waals surface area contributed by atoms with Crippen LogP contribution in [0.15, 0.2) is 47.5 Å². The highest BCUT2D eigenvalue weighted by atomic mass is 32.2. The van der Waals surface area contributed by atoms with Crippen LogP contribution in [-0.2, 0) is 16.0 Å². The van der Waals surface area contributed by atoms with E-state index in [2.05, 4.69) is 16.2 Å². The van der Waals surface area contributed by atoms with Crippen LogP contribution < -0.4 is 35.3 Å². The minimum absolute atomic E-state index is 0.0941. The first kappa shape index (κ1) is 24.8. The number of hydrogen-bond donors (Lipinski definition) is 3. The smallest absolute Gasteiger partial charge is 0.241 e. The van der Waals surface area contributed by atoms with E-state index in [4.69, 9.17) is 19.2 Å².